The van der Waals surface area contributed by atoms with Crippen LogP contribution in [0.15, 0.2) is 54.6 Å². The van der Waals surface area contributed by atoms with Gasteiger partial charge in [-0.15, -0.1) is 0 Å². The van der Waals surface area contributed by atoms with Gasteiger partial charge in [0.05, 0.1) is 7.11 Å². The summed E-state index contributed by atoms with van der Waals surface area (Å²) in [5.41, 5.74) is 2.89. The molecule has 0 unspecified atom stereocenters. The Hall–Kier alpha value is -2.75. The molecule has 100 valence electrons. The Labute approximate surface area is 116 Å². The van der Waals surface area contributed by atoms with E-state index in [4.69, 9.17) is 4.74 Å². The van der Waals surface area contributed by atoms with Crippen LogP contribution in [0, 0.1) is 0 Å². The number of aromatic nitrogens is 2. The van der Waals surface area contributed by atoms with Gasteiger partial charge in [0.1, 0.15) is 17.1 Å². The van der Waals surface area contributed by atoms with E-state index in [1.165, 1.54) is 0 Å². The zero-order valence-electron chi connectivity index (χ0n) is 11.0. The van der Waals surface area contributed by atoms with Crippen molar-refractivity contribution in [1.29, 1.82) is 0 Å². The molecule has 0 aliphatic rings. The molecule has 1 aromatic heterocycles. The summed E-state index contributed by atoms with van der Waals surface area (Å²) in [5.74, 6) is 0.924. The van der Waals surface area contributed by atoms with Gasteiger partial charge in [-0.25, -0.2) is 0 Å². The summed E-state index contributed by atoms with van der Waals surface area (Å²) in [6.07, 6.45) is 0. The van der Waals surface area contributed by atoms with Crippen LogP contribution in [0.3, 0.4) is 0 Å². The highest BCUT2D eigenvalue weighted by Gasteiger charge is 2.14. The predicted molar refractivity (Wildman–Crippen MR) is 77.7 cm³/mol. The molecular formula is C16H14N2O2. The highest BCUT2D eigenvalue weighted by Crippen LogP contribution is 2.36. The van der Waals surface area contributed by atoms with Gasteiger partial charge in [-0.1, -0.05) is 30.3 Å². The van der Waals surface area contributed by atoms with E-state index in [0.717, 1.165) is 16.9 Å². The molecule has 0 aliphatic carbocycles. The molecule has 2 N–H and O–H groups in total. The maximum Gasteiger partial charge on any atom is 0.169 e. The number of ether oxygens (including phenoxy) is 1. The minimum absolute atomic E-state index is 0.154. The van der Waals surface area contributed by atoms with Crippen LogP contribution in [0.5, 0.6) is 11.5 Å². The van der Waals surface area contributed by atoms with Crippen LogP contribution in [-0.4, -0.2) is 22.4 Å². The van der Waals surface area contributed by atoms with Crippen molar-refractivity contribution in [2.75, 3.05) is 7.11 Å². The topological polar surface area (TPSA) is 58.1 Å². The quantitative estimate of drug-likeness (QED) is 0.763. The van der Waals surface area contributed by atoms with Crippen LogP contribution in [0.1, 0.15) is 0 Å². The van der Waals surface area contributed by atoms with Crippen LogP contribution in [0.4, 0.5) is 0 Å². The summed E-state index contributed by atoms with van der Waals surface area (Å²) >= 11 is 0. The van der Waals surface area contributed by atoms with Gasteiger partial charge in [0.2, 0.25) is 0 Å². The Balaban J connectivity index is 2.01. The first-order valence-electron chi connectivity index (χ1n) is 6.27. The van der Waals surface area contributed by atoms with E-state index in [2.05, 4.69) is 10.2 Å². The standard InChI is InChI=1S/C16H14N2O2/c1-20-13-9-7-12(8-10-13)15-16(19)14(17-18-15)11-5-3-2-4-6-11/h2-10,19H,1H3,(H,17,18). The second-order valence-electron chi connectivity index (χ2n) is 4.39. The number of methoxy groups -OCH3 is 1. The van der Waals surface area contributed by atoms with Crippen molar-refractivity contribution in [2.24, 2.45) is 0 Å². The van der Waals surface area contributed by atoms with Gasteiger partial charge < -0.3 is 9.84 Å². The number of hydrogen-bond donors (Lipinski definition) is 2. The Kier molecular flexibility index (Phi) is 3.13. The molecule has 2 aromatic carbocycles. The minimum atomic E-state index is 0.154. The molecule has 4 nitrogen and oxygen atoms in total. The fourth-order valence-corrected chi connectivity index (χ4v) is 2.09. The number of benzene rings is 2. The Morgan fingerprint density at radius 1 is 0.950 bits per heavy atom. The number of rotatable bonds is 3. The van der Waals surface area contributed by atoms with Crippen molar-refractivity contribution in [3.63, 3.8) is 0 Å². The fourth-order valence-electron chi connectivity index (χ4n) is 2.09. The smallest absolute Gasteiger partial charge is 0.169 e. The fraction of sp³-hybridized carbons (Fsp3) is 0.0625. The largest absolute Gasteiger partial charge is 0.504 e. The SMILES string of the molecule is COc1ccc(-c2n[nH]c(-c3ccccc3)c2O)cc1. The Bertz CT molecular complexity index is 703. The predicted octanol–water partition coefficient (Wildman–Crippen LogP) is 3.46. The van der Waals surface area contributed by atoms with E-state index in [9.17, 15) is 5.11 Å². The molecule has 0 fully saturated rings. The summed E-state index contributed by atoms with van der Waals surface area (Å²) in [4.78, 5) is 0. The molecule has 0 amide bonds. The molecular weight excluding hydrogens is 252 g/mol. The van der Waals surface area contributed by atoms with Crippen LogP contribution < -0.4 is 4.74 Å². The molecule has 0 spiro atoms. The van der Waals surface area contributed by atoms with Crippen molar-refractivity contribution in [1.82, 2.24) is 10.2 Å². The van der Waals surface area contributed by atoms with Gasteiger partial charge in [-0.2, -0.15) is 5.10 Å². The van der Waals surface area contributed by atoms with Gasteiger partial charge in [0.15, 0.2) is 5.75 Å². The van der Waals surface area contributed by atoms with E-state index >= 15 is 0 Å². The summed E-state index contributed by atoms with van der Waals surface area (Å²) in [7, 11) is 1.62. The molecule has 4 heteroatoms. The van der Waals surface area contributed by atoms with E-state index in [-0.39, 0.29) is 5.75 Å². The Morgan fingerprint density at radius 3 is 2.30 bits per heavy atom. The molecule has 0 bridgehead atoms. The molecule has 3 aromatic rings. The lowest BCUT2D eigenvalue weighted by Gasteiger charge is -2.02. The van der Waals surface area contributed by atoms with E-state index in [1.54, 1.807) is 7.11 Å². The van der Waals surface area contributed by atoms with Crippen LogP contribution in [0.2, 0.25) is 0 Å². The molecule has 0 radical (unpaired) electrons. The van der Waals surface area contributed by atoms with Crippen molar-refractivity contribution in [3.05, 3.63) is 54.6 Å². The number of hydrogen-bond acceptors (Lipinski definition) is 3. The number of nitrogens with zero attached hydrogens (tertiary/aromatic N) is 1. The summed E-state index contributed by atoms with van der Waals surface area (Å²) in [5, 5.41) is 17.4. The highest BCUT2D eigenvalue weighted by molar-refractivity contribution is 5.77. The van der Waals surface area contributed by atoms with Gasteiger partial charge in [0.25, 0.3) is 0 Å². The second-order valence-corrected chi connectivity index (χ2v) is 4.39. The lowest BCUT2D eigenvalue weighted by atomic mass is 10.1. The lowest BCUT2D eigenvalue weighted by Crippen LogP contribution is -1.83. The molecule has 0 aliphatic heterocycles. The number of aromatic amines is 1. The van der Waals surface area contributed by atoms with Gasteiger partial charge in [0, 0.05) is 11.1 Å². The summed E-state index contributed by atoms with van der Waals surface area (Å²) in [6, 6.07) is 17.0. The molecule has 0 saturated carbocycles. The van der Waals surface area contributed by atoms with Gasteiger partial charge in [-0.3, -0.25) is 5.10 Å². The van der Waals surface area contributed by atoms with Gasteiger partial charge in [-0.05, 0) is 24.3 Å². The first kappa shape index (κ1) is 12.3. The van der Waals surface area contributed by atoms with Crippen LogP contribution in [-0.2, 0) is 0 Å². The third kappa shape index (κ3) is 2.12. The zero-order chi connectivity index (χ0) is 13.9. The zero-order valence-corrected chi connectivity index (χ0v) is 11.0. The molecule has 3 rings (SSSR count). The first-order chi connectivity index (χ1) is 9.79. The first-order valence-corrected chi connectivity index (χ1v) is 6.27. The highest BCUT2D eigenvalue weighted by atomic mass is 16.5. The summed E-state index contributed by atoms with van der Waals surface area (Å²) in [6.45, 7) is 0. The number of aromatic hydroxyl groups is 1. The van der Waals surface area contributed by atoms with Crippen molar-refractivity contribution < 1.29 is 9.84 Å². The van der Waals surface area contributed by atoms with E-state index in [0.29, 0.717) is 11.4 Å². The molecule has 0 atom stereocenters. The molecule has 1 heterocycles. The second kappa shape index (κ2) is 5.09. The number of nitrogens with one attached hydrogen (secondary N) is 1. The lowest BCUT2D eigenvalue weighted by molar-refractivity contribution is 0.415. The summed E-state index contributed by atoms with van der Waals surface area (Å²) < 4.78 is 5.12. The third-order valence-electron chi connectivity index (χ3n) is 3.17. The monoisotopic (exact) mass is 266 g/mol. The number of H-pyrrole nitrogens is 1. The van der Waals surface area contributed by atoms with Crippen molar-refractivity contribution >= 4 is 0 Å². The minimum Gasteiger partial charge on any atom is -0.504 e. The molecule has 20 heavy (non-hydrogen) atoms. The van der Waals surface area contributed by atoms with E-state index in [1.807, 2.05) is 54.6 Å². The van der Waals surface area contributed by atoms with E-state index < -0.39 is 0 Å². The van der Waals surface area contributed by atoms with Crippen molar-refractivity contribution in [3.8, 4) is 34.0 Å². The average molecular weight is 266 g/mol. The maximum atomic E-state index is 10.3. The van der Waals surface area contributed by atoms with Crippen LogP contribution >= 0.6 is 0 Å². The third-order valence-corrected chi connectivity index (χ3v) is 3.17. The molecule has 0 saturated heterocycles. The van der Waals surface area contributed by atoms with Gasteiger partial charge >= 0.3 is 0 Å². The average Bonchev–Trinajstić information content (AvgIpc) is 2.90. The van der Waals surface area contributed by atoms with Crippen LogP contribution in [0.25, 0.3) is 22.5 Å². The normalized spacial score (nSPS) is 10.4. The van der Waals surface area contributed by atoms with Crippen molar-refractivity contribution in [2.45, 2.75) is 0 Å². The maximum absolute atomic E-state index is 10.3. The Morgan fingerprint density at radius 2 is 1.65 bits per heavy atom.